The highest BCUT2D eigenvalue weighted by Gasteiger charge is 2.45. The van der Waals surface area contributed by atoms with Gasteiger partial charge in [0.15, 0.2) is 0 Å². The molecule has 3 fully saturated rings. The first-order valence-electron chi connectivity index (χ1n) is 11.5. The Kier molecular flexibility index (Phi) is 6.32. The van der Waals surface area contributed by atoms with Crippen molar-refractivity contribution in [1.82, 2.24) is 9.80 Å². The molecule has 0 saturated carbocycles. The number of carbonyl (C=O) groups excluding carboxylic acids is 2. The van der Waals surface area contributed by atoms with Crippen molar-refractivity contribution in [2.75, 3.05) is 24.6 Å². The molecule has 0 aromatic heterocycles. The summed E-state index contributed by atoms with van der Waals surface area (Å²) >= 11 is 0. The molecule has 0 radical (unpaired) electrons. The molecule has 4 rings (SSSR count). The van der Waals surface area contributed by atoms with Gasteiger partial charge in [-0.15, -0.1) is 0 Å². The SMILES string of the molecule is CCOC(=O)N1C2CCC1CC(N1CCC(N(C(C)=O)c3ccc(C)cc3)CC1)C2. The molecule has 3 heterocycles. The third kappa shape index (κ3) is 4.20. The summed E-state index contributed by atoms with van der Waals surface area (Å²) in [5, 5.41) is 0. The first kappa shape index (κ1) is 21.2. The highest BCUT2D eigenvalue weighted by Crippen LogP contribution is 2.39. The Morgan fingerprint density at radius 1 is 1.00 bits per heavy atom. The van der Waals surface area contributed by atoms with Gasteiger partial charge in [0.25, 0.3) is 0 Å². The van der Waals surface area contributed by atoms with E-state index in [9.17, 15) is 9.59 Å². The van der Waals surface area contributed by atoms with Crippen LogP contribution >= 0.6 is 0 Å². The highest BCUT2D eigenvalue weighted by molar-refractivity contribution is 5.92. The van der Waals surface area contributed by atoms with Gasteiger partial charge in [-0.2, -0.15) is 0 Å². The van der Waals surface area contributed by atoms with Crippen LogP contribution in [-0.4, -0.2) is 65.7 Å². The Bertz CT molecular complexity index is 743. The van der Waals surface area contributed by atoms with Crippen molar-refractivity contribution in [2.45, 2.75) is 83.5 Å². The smallest absolute Gasteiger partial charge is 0.410 e. The summed E-state index contributed by atoms with van der Waals surface area (Å²) in [6.07, 6.45) is 6.17. The number of likely N-dealkylation sites (tertiary alicyclic amines) is 1. The van der Waals surface area contributed by atoms with Crippen LogP contribution in [0.3, 0.4) is 0 Å². The number of amides is 2. The van der Waals surface area contributed by atoms with Gasteiger partial charge in [-0.25, -0.2) is 4.79 Å². The average molecular weight is 414 g/mol. The number of hydrogen-bond acceptors (Lipinski definition) is 4. The summed E-state index contributed by atoms with van der Waals surface area (Å²) in [6, 6.07) is 9.73. The van der Waals surface area contributed by atoms with E-state index >= 15 is 0 Å². The molecule has 164 valence electrons. The maximum absolute atomic E-state index is 12.4. The van der Waals surface area contributed by atoms with Gasteiger partial charge >= 0.3 is 6.09 Å². The second kappa shape index (κ2) is 8.96. The third-order valence-corrected chi connectivity index (χ3v) is 7.22. The van der Waals surface area contributed by atoms with E-state index < -0.39 is 0 Å². The molecule has 1 aromatic carbocycles. The molecule has 2 bridgehead atoms. The van der Waals surface area contributed by atoms with Gasteiger partial charge in [0, 0.05) is 49.9 Å². The Labute approximate surface area is 180 Å². The van der Waals surface area contributed by atoms with E-state index in [-0.39, 0.29) is 18.0 Å². The molecule has 30 heavy (non-hydrogen) atoms. The van der Waals surface area contributed by atoms with Crippen molar-refractivity contribution in [3.8, 4) is 0 Å². The van der Waals surface area contributed by atoms with Crippen LogP contribution in [0.4, 0.5) is 10.5 Å². The minimum atomic E-state index is -0.127. The molecule has 3 aliphatic rings. The van der Waals surface area contributed by atoms with Crippen molar-refractivity contribution in [2.24, 2.45) is 0 Å². The van der Waals surface area contributed by atoms with Crippen molar-refractivity contribution in [1.29, 1.82) is 0 Å². The van der Waals surface area contributed by atoms with Crippen LogP contribution in [0.5, 0.6) is 0 Å². The van der Waals surface area contributed by atoms with Crippen LogP contribution in [0.2, 0.25) is 0 Å². The van der Waals surface area contributed by atoms with Crippen LogP contribution in [0.15, 0.2) is 24.3 Å². The molecular formula is C24H35N3O3. The lowest BCUT2D eigenvalue weighted by atomic mass is 9.93. The fourth-order valence-electron chi connectivity index (χ4n) is 5.81. The number of hydrogen-bond donors (Lipinski definition) is 0. The fraction of sp³-hybridized carbons (Fsp3) is 0.667. The summed E-state index contributed by atoms with van der Waals surface area (Å²) in [5.41, 5.74) is 2.22. The molecule has 6 nitrogen and oxygen atoms in total. The predicted molar refractivity (Wildman–Crippen MR) is 118 cm³/mol. The number of carbonyl (C=O) groups is 2. The van der Waals surface area contributed by atoms with Crippen molar-refractivity contribution in [3.63, 3.8) is 0 Å². The molecule has 3 aliphatic heterocycles. The number of aryl methyl sites for hydroxylation is 1. The van der Waals surface area contributed by atoms with Gasteiger partial charge in [-0.05, 0) is 64.5 Å². The summed E-state index contributed by atoms with van der Waals surface area (Å²) in [5.74, 6) is 0.123. The van der Waals surface area contributed by atoms with Crippen molar-refractivity contribution < 1.29 is 14.3 Å². The van der Waals surface area contributed by atoms with Crippen LogP contribution < -0.4 is 4.90 Å². The summed E-state index contributed by atoms with van der Waals surface area (Å²) in [6.45, 7) is 8.10. The number of nitrogens with zero attached hydrogens (tertiary/aromatic N) is 3. The fourth-order valence-corrected chi connectivity index (χ4v) is 5.81. The molecule has 1 aromatic rings. The predicted octanol–water partition coefficient (Wildman–Crippen LogP) is 3.96. The van der Waals surface area contributed by atoms with E-state index in [1.807, 2.05) is 16.7 Å². The van der Waals surface area contributed by atoms with E-state index in [1.165, 1.54) is 5.56 Å². The second-order valence-electron chi connectivity index (χ2n) is 9.11. The topological polar surface area (TPSA) is 53.1 Å². The van der Waals surface area contributed by atoms with Gasteiger partial charge < -0.3 is 19.4 Å². The van der Waals surface area contributed by atoms with Gasteiger partial charge in [-0.3, -0.25) is 4.79 Å². The zero-order valence-electron chi connectivity index (χ0n) is 18.5. The summed E-state index contributed by atoms with van der Waals surface area (Å²) in [4.78, 5) is 31.4. The lowest BCUT2D eigenvalue weighted by Gasteiger charge is -2.46. The molecule has 0 N–H and O–H groups in total. The number of benzene rings is 1. The second-order valence-corrected chi connectivity index (χ2v) is 9.11. The number of piperidine rings is 2. The standard InChI is InChI=1S/C24H35N3O3/c1-4-30-24(29)27-21-9-10-22(27)16-23(15-21)25-13-11-20(12-14-25)26(18(3)28)19-7-5-17(2)6-8-19/h5-8,20-23H,4,9-16H2,1-3H3. The van der Waals surface area contributed by atoms with E-state index in [0.29, 0.717) is 24.7 Å². The van der Waals surface area contributed by atoms with E-state index in [4.69, 9.17) is 4.74 Å². The molecule has 2 unspecified atom stereocenters. The normalized spacial score (nSPS) is 27.2. The molecule has 6 heteroatoms. The first-order valence-corrected chi connectivity index (χ1v) is 11.5. The maximum atomic E-state index is 12.4. The van der Waals surface area contributed by atoms with Crippen LogP contribution in [0.1, 0.15) is 57.9 Å². The number of fused-ring (bicyclic) bond motifs is 2. The zero-order chi connectivity index (χ0) is 21.3. The zero-order valence-corrected chi connectivity index (χ0v) is 18.5. The molecule has 0 aliphatic carbocycles. The summed E-state index contributed by atoms with van der Waals surface area (Å²) < 4.78 is 5.29. The largest absolute Gasteiger partial charge is 0.450 e. The average Bonchev–Trinajstić information content (AvgIpc) is 3.00. The van der Waals surface area contributed by atoms with E-state index in [0.717, 1.165) is 57.3 Å². The van der Waals surface area contributed by atoms with E-state index in [2.05, 4.69) is 36.1 Å². The van der Waals surface area contributed by atoms with Crippen LogP contribution in [-0.2, 0) is 9.53 Å². The Morgan fingerprint density at radius 3 is 2.13 bits per heavy atom. The Hall–Kier alpha value is -2.08. The van der Waals surface area contributed by atoms with Crippen molar-refractivity contribution in [3.05, 3.63) is 29.8 Å². The monoisotopic (exact) mass is 413 g/mol. The molecule has 0 spiro atoms. The molecular weight excluding hydrogens is 378 g/mol. The highest BCUT2D eigenvalue weighted by atomic mass is 16.6. The molecule has 2 amide bonds. The summed E-state index contributed by atoms with van der Waals surface area (Å²) in [7, 11) is 0. The van der Waals surface area contributed by atoms with Gasteiger partial charge in [-0.1, -0.05) is 17.7 Å². The minimum Gasteiger partial charge on any atom is -0.450 e. The maximum Gasteiger partial charge on any atom is 0.410 e. The Morgan fingerprint density at radius 2 is 1.60 bits per heavy atom. The lowest BCUT2D eigenvalue weighted by Crippen LogP contribution is -2.55. The van der Waals surface area contributed by atoms with Crippen LogP contribution in [0.25, 0.3) is 0 Å². The van der Waals surface area contributed by atoms with Gasteiger partial charge in [0.05, 0.1) is 6.61 Å². The molecule has 3 saturated heterocycles. The first-order chi connectivity index (χ1) is 14.5. The minimum absolute atomic E-state index is 0.123. The van der Waals surface area contributed by atoms with Crippen LogP contribution in [0, 0.1) is 6.92 Å². The Balaban J connectivity index is 1.36. The third-order valence-electron chi connectivity index (χ3n) is 7.22. The van der Waals surface area contributed by atoms with Crippen molar-refractivity contribution >= 4 is 17.7 Å². The van der Waals surface area contributed by atoms with Gasteiger partial charge in [0.1, 0.15) is 0 Å². The van der Waals surface area contributed by atoms with E-state index in [1.54, 1.807) is 6.92 Å². The number of anilines is 1. The quantitative estimate of drug-likeness (QED) is 0.750. The van der Waals surface area contributed by atoms with Gasteiger partial charge in [0.2, 0.25) is 5.91 Å². The lowest BCUT2D eigenvalue weighted by molar-refractivity contribution is -0.117. The number of rotatable bonds is 4. The molecule has 2 atom stereocenters. The number of ether oxygens (including phenoxy) is 1.